The fraction of sp³-hybridized carbons (Fsp3) is 0.348. The molecule has 6 nitrogen and oxygen atoms in total. The van der Waals surface area contributed by atoms with Crippen LogP contribution in [0.2, 0.25) is 5.02 Å². The molecule has 0 unspecified atom stereocenters. The largest absolute Gasteiger partial charge is 0.368 e. The second-order valence-corrected chi connectivity index (χ2v) is 8.42. The summed E-state index contributed by atoms with van der Waals surface area (Å²) in [7, 11) is 1.44. The van der Waals surface area contributed by atoms with E-state index in [-0.39, 0.29) is 30.5 Å². The first-order chi connectivity index (χ1) is 14.8. The Labute approximate surface area is 185 Å². The minimum Gasteiger partial charge on any atom is -0.368 e. The van der Waals surface area contributed by atoms with E-state index < -0.39 is 11.3 Å². The first-order valence-corrected chi connectivity index (χ1v) is 10.5. The maximum atomic E-state index is 13.2. The predicted molar refractivity (Wildman–Crippen MR) is 115 cm³/mol. The Morgan fingerprint density at radius 1 is 1.03 bits per heavy atom. The molecule has 162 valence electrons. The van der Waals surface area contributed by atoms with Crippen molar-refractivity contribution in [3.63, 3.8) is 0 Å². The topological polar surface area (TPSA) is 60.9 Å². The van der Waals surface area contributed by atoms with Gasteiger partial charge in [0.1, 0.15) is 5.82 Å². The molecule has 0 bridgehead atoms. The molecule has 2 aliphatic rings. The highest BCUT2D eigenvalue weighted by atomic mass is 35.5. The van der Waals surface area contributed by atoms with Crippen LogP contribution in [0.5, 0.6) is 0 Å². The number of amides is 3. The van der Waals surface area contributed by atoms with Gasteiger partial charge < -0.3 is 9.80 Å². The molecule has 2 fully saturated rings. The number of hydrogen-bond donors (Lipinski definition) is 0. The van der Waals surface area contributed by atoms with Crippen LogP contribution in [0, 0.1) is 5.82 Å². The lowest BCUT2D eigenvalue weighted by Crippen LogP contribution is -2.51. The highest BCUT2D eigenvalue weighted by molar-refractivity contribution is 6.32. The number of piperazine rings is 1. The van der Waals surface area contributed by atoms with Crippen molar-refractivity contribution in [2.45, 2.75) is 18.3 Å². The van der Waals surface area contributed by atoms with Crippen molar-refractivity contribution in [2.75, 3.05) is 38.1 Å². The van der Waals surface area contributed by atoms with Gasteiger partial charge in [0.25, 0.3) is 0 Å². The van der Waals surface area contributed by atoms with Gasteiger partial charge in [-0.3, -0.25) is 19.3 Å². The summed E-state index contributed by atoms with van der Waals surface area (Å²) in [6, 6.07) is 13.2. The van der Waals surface area contributed by atoms with Gasteiger partial charge in [0.05, 0.1) is 5.41 Å². The Balaban J connectivity index is 1.52. The summed E-state index contributed by atoms with van der Waals surface area (Å²) in [4.78, 5) is 43.6. The highest BCUT2D eigenvalue weighted by Gasteiger charge is 2.53. The molecular weight excluding hydrogens is 421 g/mol. The van der Waals surface area contributed by atoms with Crippen molar-refractivity contribution in [3.8, 4) is 0 Å². The molecule has 2 aliphatic heterocycles. The summed E-state index contributed by atoms with van der Waals surface area (Å²) in [5, 5.41) is 0.368. The zero-order chi connectivity index (χ0) is 22.2. The molecule has 0 aromatic heterocycles. The Kier molecular flexibility index (Phi) is 5.71. The zero-order valence-corrected chi connectivity index (χ0v) is 17.9. The third kappa shape index (κ3) is 3.90. The number of benzene rings is 2. The van der Waals surface area contributed by atoms with E-state index in [1.54, 1.807) is 41.3 Å². The summed E-state index contributed by atoms with van der Waals surface area (Å²) < 4.78 is 13.2. The lowest BCUT2D eigenvalue weighted by atomic mass is 9.75. The number of anilines is 1. The van der Waals surface area contributed by atoms with Crippen molar-refractivity contribution in [1.82, 2.24) is 9.80 Å². The first kappa shape index (κ1) is 21.3. The Morgan fingerprint density at radius 3 is 2.26 bits per heavy atom. The van der Waals surface area contributed by atoms with E-state index in [9.17, 15) is 18.8 Å². The molecule has 0 spiro atoms. The molecule has 0 saturated carbocycles. The van der Waals surface area contributed by atoms with E-state index in [1.165, 1.54) is 19.2 Å². The molecule has 8 heteroatoms. The molecule has 31 heavy (non-hydrogen) atoms. The summed E-state index contributed by atoms with van der Waals surface area (Å²) in [5.74, 6) is -1.19. The van der Waals surface area contributed by atoms with Crippen LogP contribution in [0.3, 0.4) is 0 Å². The quantitative estimate of drug-likeness (QED) is 0.682. The summed E-state index contributed by atoms with van der Waals surface area (Å²) in [6.45, 7) is 2.16. The van der Waals surface area contributed by atoms with Crippen molar-refractivity contribution in [2.24, 2.45) is 0 Å². The molecule has 3 amide bonds. The fourth-order valence-electron chi connectivity index (χ4n) is 4.42. The lowest BCUT2D eigenvalue weighted by Gasteiger charge is -2.37. The molecular formula is C23H23ClFN3O3. The van der Waals surface area contributed by atoms with Crippen LogP contribution in [0.1, 0.15) is 18.4 Å². The number of likely N-dealkylation sites (N-methyl/N-ethyl adjacent to an activating group) is 1. The smallest absolute Gasteiger partial charge is 0.240 e. The maximum Gasteiger partial charge on any atom is 0.240 e. The van der Waals surface area contributed by atoms with Crippen molar-refractivity contribution in [3.05, 3.63) is 64.9 Å². The fourth-order valence-corrected chi connectivity index (χ4v) is 4.73. The Hall–Kier alpha value is -2.93. The van der Waals surface area contributed by atoms with Gasteiger partial charge in [0, 0.05) is 56.8 Å². The van der Waals surface area contributed by atoms with Crippen LogP contribution >= 0.6 is 11.6 Å². The second kappa shape index (κ2) is 8.30. The van der Waals surface area contributed by atoms with Crippen LogP contribution in [0.25, 0.3) is 0 Å². The average Bonchev–Trinajstić information content (AvgIpc) is 2.99. The number of imide groups is 1. The maximum absolute atomic E-state index is 13.2. The highest BCUT2D eigenvalue weighted by Crippen LogP contribution is 2.42. The summed E-state index contributed by atoms with van der Waals surface area (Å²) >= 11 is 6.38. The molecule has 2 aromatic carbocycles. The van der Waals surface area contributed by atoms with E-state index in [0.717, 1.165) is 10.6 Å². The third-order valence-corrected chi connectivity index (χ3v) is 6.54. The van der Waals surface area contributed by atoms with E-state index in [2.05, 4.69) is 4.90 Å². The van der Waals surface area contributed by atoms with Crippen LogP contribution in [-0.2, 0) is 19.8 Å². The van der Waals surface area contributed by atoms with Gasteiger partial charge in [0.2, 0.25) is 17.7 Å². The van der Waals surface area contributed by atoms with Gasteiger partial charge in [-0.05, 0) is 35.9 Å². The van der Waals surface area contributed by atoms with Crippen molar-refractivity contribution < 1.29 is 18.8 Å². The standard InChI is InChI=1S/C23H23ClFN3O3/c1-26-20(29)14-23(22(26)31,18-4-2-3-5-19(18)24)15-21(30)28-12-10-27(11-13-28)17-8-6-16(25)7-9-17/h2-9H,10-15H2,1H3/t23-/m0/s1. The first-order valence-electron chi connectivity index (χ1n) is 10.2. The summed E-state index contributed by atoms with van der Waals surface area (Å²) in [6.07, 6.45) is -0.185. The monoisotopic (exact) mass is 443 g/mol. The number of nitrogens with zero attached hydrogens (tertiary/aromatic N) is 3. The predicted octanol–water partition coefficient (Wildman–Crippen LogP) is 2.84. The van der Waals surface area contributed by atoms with Crippen molar-refractivity contribution >= 4 is 35.0 Å². The van der Waals surface area contributed by atoms with Crippen molar-refractivity contribution in [1.29, 1.82) is 0 Å². The number of carbonyl (C=O) groups is 3. The molecule has 0 radical (unpaired) electrons. The van der Waals surface area contributed by atoms with Crippen LogP contribution in [-0.4, -0.2) is 60.7 Å². The van der Waals surface area contributed by atoms with Gasteiger partial charge in [-0.2, -0.15) is 0 Å². The summed E-state index contributed by atoms with van der Waals surface area (Å²) in [5.41, 5.74) is 0.131. The average molecular weight is 444 g/mol. The Bertz CT molecular complexity index is 1020. The molecule has 0 aliphatic carbocycles. The normalized spacial score (nSPS) is 21.7. The molecule has 0 N–H and O–H groups in total. The van der Waals surface area contributed by atoms with Gasteiger partial charge in [0.15, 0.2) is 0 Å². The third-order valence-electron chi connectivity index (χ3n) is 6.21. The zero-order valence-electron chi connectivity index (χ0n) is 17.2. The van der Waals surface area contributed by atoms with E-state index in [1.807, 2.05) is 0 Å². The number of rotatable bonds is 4. The molecule has 2 heterocycles. The van der Waals surface area contributed by atoms with E-state index >= 15 is 0 Å². The number of likely N-dealkylation sites (tertiary alicyclic amines) is 1. The van der Waals surface area contributed by atoms with Gasteiger partial charge in [-0.1, -0.05) is 29.8 Å². The minimum atomic E-state index is -1.28. The lowest BCUT2D eigenvalue weighted by molar-refractivity contribution is -0.141. The van der Waals surface area contributed by atoms with Gasteiger partial charge in [-0.15, -0.1) is 0 Å². The van der Waals surface area contributed by atoms with E-state index in [4.69, 9.17) is 11.6 Å². The molecule has 1 atom stereocenters. The van der Waals surface area contributed by atoms with Crippen LogP contribution < -0.4 is 4.90 Å². The second-order valence-electron chi connectivity index (χ2n) is 8.02. The molecule has 2 aromatic rings. The van der Waals surface area contributed by atoms with Gasteiger partial charge in [-0.25, -0.2) is 4.39 Å². The minimum absolute atomic E-state index is 0.0760. The number of carbonyl (C=O) groups excluding carboxylic acids is 3. The molecule has 4 rings (SSSR count). The SMILES string of the molecule is CN1C(=O)C[C@](CC(=O)N2CCN(c3ccc(F)cc3)CC2)(c2ccccc2Cl)C1=O. The van der Waals surface area contributed by atoms with Gasteiger partial charge >= 0.3 is 0 Å². The number of hydrogen-bond acceptors (Lipinski definition) is 4. The van der Waals surface area contributed by atoms with Crippen LogP contribution in [0.4, 0.5) is 10.1 Å². The Morgan fingerprint density at radius 2 is 1.68 bits per heavy atom. The van der Waals surface area contributed by atoms with Crippen LogP contribution in [0.15, 0.2) is 48.5 Å². The number of halogens is 2. The van der Waals surface area contributed by atoms with E-state index in [0.29, 0.717) is 36.8 Å². The molecule has 2 saturated heterocycles.